The summed E-state index contributed by atoms with van der Waals surface area (Å²) in [5.74, 6) is -1.61. The number of fused-ring (bicyclic) bond motifs is 5. The molecule has 2 bridgehead atoms. The number of rotatable bonds is 4. The Bertz CT molecular complexity index is 1060. The van der Waals surface area contributed by atoms with Gasteiger partial charge in [-0.2, -0.15) is 0 Å². The van der Waals surface area contributed by atoms with Gasteiger partial charge in [0.05, 0.1) is 36.4 Å². The molecule has 39 heavy (non-hydrogen) atoms. The van der Waals surface area contributed by atoms with Crippen molar-refractivity contribution < 1.29 is 38.8 Å². The van der Waals surface area contributed by atoms with Gasteiger partial charge in [-0.05, 0) is 62.8 Å². The van der Waals surface area contributed by atoms with E-state index in [1.807, 2.05) is 26.6 Å². The van der Waals surface area contributed by atoms with E-state index in [1.54, 1.807) is 20.8 Å². The van der Waals surface area contributed by atoms with E-state index in [1.165, 1.54) is 0 Å². The summed E-state index contributed by atoms with van der Waals surface area (Å²) in [5.41, 5.74) is -4.88. The highest BCUT2D eigenvalue weighted by molar-refractivity contribution is 6.74. The van der Waals surface area contributed by atoms with Crippen LogP contribution in [0.1, 0.15) is 61.3 Å². The highest BCUT2D eigenvalue weighted by Crippen LogP contribution is 2.63. The number of ketones is 1. The van der Waals surface area contributed by atoms with Crippen molar-refractivity contribution in [3.63, 3.8) is 0 Å². The second-order valence-electron chi connectivity index (χ2n) is 15.9. The highest BCUT2D eigenvalue weighted by atomic mass is 28.4. The first kappa shape index (κ1) is 31.5. The zero-order chi connectivity index (χ0) is 29.9. The van der Waals surface area contributed by atoms with Crippen LogP contribution >= 0.6 is 0 Å². The maximum atomic E-state index is 14.7. The third-order valence-corrected chi connectivity index (χ3v) is 16.6. The lowest BCUT2D eigenvalue weighted by Gasteiger charge is -2.67. The second kappa shape index (κ2) is 9.03. The SMILES string of the molecule is CC1=C2[C@@H](O)C(=O)[C@]3(C)[C@@H](O[Si](C)(C)C(C)(C)C)C[C@H]4OC[C@@]4(O)[C@H]3[C@H](O)[C@](O)(C[C@@H]1O[Si](C)(C)C)C2(C)C. The van der Waals surface area contributed by atoms with Gasteiger partial charge in [-0.3, -0.25) is 4.79 Å². The minimum absolute atomic E-state index is 0.0573. The fourth-order valence-electron chi connectivity index (χ4n) is 7.61. The lowest BCUT2D eigenvalue weighted by molar-refractivity contribution is -0.343. The molecule has 1 aliphatic heterocycles. The van der Waals surface area contributed by atoms with Crippen LogP contribution in [-0.4, -0.2) is 91.2 Å². The van der Waals surface area contributed by atoms with E-state index in [-0.39, 0.29) is 24.5 Å². The summed E-state index contributed by atoms with van der Waals surface area (Å²) in [4.78, 5) is 14.7. The molecule has 0 amide bonds. The van der Waals surface area contributed by atoms with E-state index in [9.17, 15) is 25.2 Å². The van der Waals surface area contributed by atoms with Crippen LogP contribution in [0.4, 0.5) is 0 Å². The molecule has 8 nitrogen and oxygen atoms in total. The zero-order valence-corrected chi connectivity index (χ0v) is 28.0. The molecule has 3 fully saturated rings. The van der Waals surface area contributed by atoms with E-state index in [0.29, 0.717) is 5.57 Å². The molecule has 0 aromatic heterocycles. The van der Waals surface area contributed by atoms with Crippen molar-refractivity contribution in [2.45, 2.75) is 141 Å². The summed E-state index contributed by atoms with van der Waals surface area (Å²) in [7, 11) is -4.55. The number of hydrogen-bond donors (Lipinski definition) is 4. The number of carbonyl (C=O) groups excluding carboxylic acids is 1. The molecule has 3 aliphatic carbocycles. The van der Waals surface area contributed by atoms with Crippen LogP contribution in [0.15, 0.2) is 11.1 Å². The van der Waals surface area contributed by atoms with Crippen LogP contribution in [0.2, 0.25) is 37.8 Å². The van der Waals surface area contributed by atoms with E-state index in [2.05, 4.69) is 33.9 Å². The highest BCUT2D eigenvalue weighted by Gasteiger charge is 2.75. The maximum Gasteiger partial charge on any atom is 0.192 e. The van der Waals surface area contributed by atoms with Gasteiger partial charge < -0.3 is 34.0 Å². The van der Waals surface area contributed by atoms with Crippen molar-refractivity contribution in [2.24, 2.45) is 16.7 Å². The molecule has 2 saturated carbocycles. The fraction of sp³-hybridized carbons (Fsp3) is 0.897. The van der Waals surface area contributed by atoms with Crippen molar-refractivity contribution in [1.82, 2.24) is 0 Å². The molecule has 0 radical (unpaired) electrons. The van der Waals surface area contributed by atoms with Gasteiger partial charge in [0, 0.05) is 24.2 Å². The standard InChI is InChI=1S/C29H52O8Si2/c1-16-17(36-38(8,9)10)14-29(34)24(32)22-27(7,23(31)21(30)20(16)26(29,5)6)18(13-19-28(22,33)15-35-19)37-39(11,12)25(2,3)4/h17-19,21-22,24,30,32-34H,13-15H2,1-12H3/t17-,18-,19+,21+,22-,24-,27+,28-,29+/m0/s1. The first-order chi connectivity index (χ1) is 17.4. The Balaban J connectivity index is 1.97. The van der Waals surface area contributed by atoms with Crippen molar-refractivity contribution >= 4 is 22.4 Å². The smallest absolute Gasteiger partial charge is 0.192 e. The van der Waals surface area contributed by atoms with Gasteiger partial charge in [0.25, 0.3) is 0 Å². The number of ether oxygens (including phenoxy) is 1. The summed E-state index contributed by atoms with van der Waals surface area (Å²) >= 11 is 0. The average Bonchev–Trinajstić information content (AvgIpc) is 2.75. The lowest BCUT2D eigenvalue weighted by atomic mass is 9.45. The van der Waals surface area contributed by atoms with Gasteiger partial charge in [0.1, 0.15) is 17.3 Å². The fourth-order valence-corrected chi connectivity index (χ4v) is 10.1. The Kier molecular flexibility index (Phi) is 7.30. The normalized spacial score (nSPS) is 44.7. The second-order valence-corrected chi connectivity index (χ2v) is 25.2. The van der Waals surface area contributed by atoms with Gasteiger partial charge in [-0.15, -0.1) is 0 Å². The average molecular weight is 585 g/mol. The van der Waals surface area contributed by atoms with E-state index in [4.69, 9.17) is 13.6 Å². The van der Waals surface area contributed by atoms with Crippen molar-refractivity contribution in [1.29, 1.82) is 0 Å². The molecule has 4 rings (SSSR count). The van der Waals surface area contributed by atoms with Crippen LogP contribution in [0.3, 0.4) is 0 Å². The molecule has 1 heterocycles. The summed E-state index contributed by atoms with van der Waals surface area (Å²) in [6.45, 7) is 23.7. The topological polar surface area (TPSA) is 126 Å². The van der Waals surface area contributed by atoms with Crippen molar-refractivity contribution in [3.05, 3.63) is 11.1 Å². The maximum absolute atomic E-state index is 14.7. The van der Waals surface area contributed by atoms with Crippen molar-refractivity contribution in [3.8, 4) is 0 Å². The molecule has 0 aromatic rings. The molecule has 1 saturated heterocycles. The minimum Gasteiger partial charge on any atom is -0.413 e. The quantitative estimate of drug-likeness (QED) is 0.292. The van der Waals surface area contributed by atoms with Crippen molar-refractivity contribution in [2.75, 3.05) is 6.61 Å². The summed E-state index contributed by atoms with van der Waals surface area (Å²) in [5, 5.41) is 48.7. The number of hydrogen-bond acceptors (Lipinski definition) is 8. The summed E-state index contributed by atoms with van der Waals surface area (Å²) in [6, 6.07) is 0. The summed E-state index contributed by atoms with van der Waals surface area (Å²) in [6.07, 6.45) is -4.64. The number of carbonyl (C=O) groups is 1. The molecule has 9 atom stereocenters. The Morgan fingerprint density at radius 1 is 1.00 bits per heavy atom. The third-order valence-electron chi connectivity index (χ3n) is 11.1. The van der Waals surface area contributed by atoms with Crippen LogP contribution in [-0.2, 0) is 18.4 Å². The number of Topliss-reactive ketones (excluding diaryl/α,β-unsaturated/α-hetero) is 1. The molecule has 4 aliphatic rings. The molecule has 224 valence electrons. The zero-order valence-electron chi connectivity index (χ0n) is 26.0. The van der Waals surface area contributed by atoms with Crippen LogP contribution in [0, 0.1) is 16.7 Å². The van der Waals surface area contributed by atoms with Gasteiger partial charge >= 0.3 is 0 Å². The molecular weight excluding hydrogens is 532 g/mol. The van der Waals surface area contributed by atoms with Crippen LogP contribution in [0.5, 0.6) is 0 Å². The summed E-state index contributed by atoms with van der Waals surface area (Å²) < 4.78 is 19.2. The minimum atomic E-state index is -2.44. The van der Waals surface area contributed by atoms with E-state index in [0.717, 1.165) is 5.57 Å². The van der Waals surface area contributed by atoms with Crippen LogP contribution in [0.25, 0.3) is 0 Å². The monoisotopic (exact) mass is 584 g/mol. The first-order valence-electron chi connectivity index (χ1n) is 14.4. The Morgan fingerprint density at radius 3 is 2.03 bits per heavy atom. The van der Waals surface area contributed by atoms with Gasteiger partial charge in [-0.25, -0.2) is 0 Å². The Hall–Kier alpha value is -0.436. The predicted octanol–water partition coefficient (Wildman–Crippen LogP) is 3.54. The Morgan fingerprint density at radius 2 is 1.56 bits per heavy atom. The molecule has 4 N–H and O–H groups in total. The molecule has 0 aromatic carbocycles. The molecular formula is C29H52O8Si2. The first-order valence-corrected chi connectivity index (χ1v) is 20.7. The van der Waals surface area contributed by atoms with Gasteiger partial charge in [-0.1, -0.05) is 34.6 Å². The number of aliphatic hydroxyl groups excluding tert-OH is 2. The molecule has 10 heteroatoms. The molecule has 0 spiro atoms. The largest absolute Gasteiger partial charge is 0.413 e. The Labute approximate surface area is 236 Å². The molecule has 0 unspecified atom stereocenters. The van der Waals surface area contributed by atoms with Gasteiger partial charge in [0.15, 0.2) is 22.4 Å². The number of aliphatic hydroxyl groups is 4. The van der Waals surface area contributed by atoms with E-state index < -0.39 is 80.9 Å². The van der Waals surface area contributed by atoms with Gasteiger partial charge in [0.2, 0.25) is 0 Å². The van der Waals surface area contributed by atoms with Crippen LogP contribution < -0.4 is 0 Å². The predicted molar refractivity (Wildman–Crippen MR) is 154 cm³/mol. The third kappa shape index (κ3) is 4.35. The lowest BCUT2D eigenvalue weighted by Crippen LogP contribution is -2.81. The van der Waals surface area contributed by atoms with E-state index >= 15 is 0 Å².